The van der Waals surface area contributed by atoms with E-state index in [0.29, 0.717) is 34.0 Å². The zero-order valence-corrected chi connectivity index (χ0v) is 14.2. The van der Waals surface area contributed by atoms with E-state index in [4.69, 9.17) is 9.15 Å². The Morgan fingerprint density at radius 3 is 2.59 bits per heavy atom. The summed E-state index contributed by atoms with van der Waals surface area (Å²) in [6.07, 6.45) is 1.51. The molecule has 0 bridgehead atoms. The Bertz CT molecular complexity index is 1060. The molecule has 0 aliphatic carbocycles. The number of rotatable bonds is 5. The number of benzene rings is 2. The van der Waals surface area contributed by atoms with Crippen LogP contribution in [-0.2, 0) is 0 Å². The van der Waals surface area contributed by atoms with Crippen LogP contribution in [0, 0.1) is 27.3 Å². The lowest BCUT2D eigenvalue weighted by Crippen LogP contribution is -1.91. The van der Waals surface area contributed by atoms with E-state index in [2.05, 4.69) is 0 Å². The highest BCUT2D eigenvalue weighted by Crippen LogP contribution is 2.35. The molecule has 1 heterocycles. The summed E-state index contributed by atoms with van der Waals surface area (Å²) >= 11 is 0. The second-order valence-electron chi connectivity index (χ2n) is 5.52. The minimum absolute atomic E-state index is 0.0941. The molecule has 0 radical (unpaired) electrons. The molecule has 134 valence electrons. The van der Waals surface area contributed by atoms with E-state index in [1.54, 1.807) is 12.1 Å². The molecule has 6 nitrogen and oxygen atoms in total. The third-order valence-corrected chi connectivity index (χ3v) is 3.85. The molecule has 0 aliphatic heterocycles. The quantitative estimate of drug-likeness (QED) is 0.358. The molecule has 0 amide bonds. The summed E-state index contributed by atoms with van der Waals surface area (Å²) in [7, 11) is 1.46. The van der Waals surface area contributed by atoms with Crippen LogP contribution in [0.3, 0.4) is 0 Å². The Balaban J connectivity index is 1.99. The lowest BCUT2D eigenvalue weighted by Gasteiger charge is -2.05. The standard InChI is InChI=1S/C20H13FN2O4/c1-26-19-8-6-16(23(24)25)11-18(19)20-9-7-17(27-20)10-14(12-22)13-2-4-15(21)5-3-13/h2-11H,1H3/b14-10+. The van der Waals surface area contributed by atoms with Crippen molar-refractivity contribution in [2.75, 3.05) is 7.11 Å². The second-order valence-corrected chi connectivity index (χ2v) is 5.52. The molecule has 0 fully saturated rings. The summed E-state index contributed by atoms with van der Waals surface area (Å²) in [6, 6.07) is 15.0. The number of methoxy groups -OCH3 is 1. The lowest BCUT2D eigenvalue weighted by atomic mass is 10.1. The van der Waals surface area contributed by atoms with Crippen molar-refractivity contribution >= 4 is 17.3 Å². The summed E-state index contributed by atoms with van der Waals surface area (Å²) in [5.41, 5.74) is 1.17. The number of halogens is 1. The summed E-state index contributed by atoms with van der Waals surface area (Å²) in [5.74, 6) is 0.760. The Hall–Kier alpha value is -3.92. The van der Waals surface area contributed by atoms with Crippen LogP contribution in [0.5, 0.6) is 5.75 Å². The van der Waals surface area contributed by atoms with Crippen LogP contribution in [0.1, 0.15) is 11.3 Å². The molecular formula is C20H13FN2O4. The molecule has 0 spiro atoms. The van der Waals surface area contributed by atoms with Crippen molar-refractivity contribution in [3.05, 3.63) is 81.9 Å². The molecule has 0 aliphatic rings. The third kappa shape index (κ3) is 3.85. The van der Waals surface area contributed by atoms with Gasteiger partial charge in [-0.1, -0.05) is 12.1 Å². The van der Waals surface area contributed by atoms with Gasteiger partial charge in [0.25, 0.3) is 5.69 Å². The SMILES string of the molecule is COc1ccc([N+](=O)[O-])cc1-c1ccc(/C=C(\C#N)c2ccc(F)cc2)o1. The number of furan rings is 1. The highest BCUT2D eigenvalue weighted by Gasteiger charge is 2.16. The molecule has 2 aromatic carbocycles. The van der Waals surface area contributed by atoms with Gasteiger partial charge < -0.3 is 9.15 Å². The summed E-state index contributed by atoms with van der Waals surface area (Å²) in [5, 5.41) is 20.4. The molecule has 7 heteroatoms. The van der Waals surface area contributed by atoms with Crippen molar-refractivity contribution in [2.45, 2.75) is 0 Å². The normalized spacial score (nSPS) is 11.1. The first kappa shape index (κ1) is 17.9. The van der Waals surface area contributed by atoms with E-state index < -0.39 is 10.7 Å². The smallest absolute Gasteiger partial charge is 0.270 e. The Labute approximate surface area is 153 Å². The average Bonchev–Trinajstić information content (AvgIpc) is 3.14. The van der Waals surface area contributed by atoms with Gasteiger partial charge in [0.1, 0.15) is 23.1 Å². The van der Waals surface area contributed by atoms with Gasteiger partial charge in [-0.25, -0.2) is 4.39 Å². The van der Waals surface area contributed by atoms with Crippen molar-refractivity contribution in [1.82, 2.24) is 0 Å². The van der Waals surface area contributed by atoms with Gasteiger partial charge in [0.2, 0.25) is 0 Å². The zero-order chi connectivity index (χ0) is 19.4. The molecule has 27 heavy (non-hydrogen) atoms. The number of nitro groups is 1. The van der Waals surface area contributed by atoms with Crippen LogP contribution in [0.15, 0.2) is 59.0 Å². The summed E-state index contributed by atoms with van der Waals surface area (Å²) in [6.45, 7) is 0. The predicted octanol–water partition coefficient (Wildman–Crippen LogP) is 5.07. The fourth-order valence-electron chi connectivity index (χ4n) is 2.53. The van der Waals surface area contributed by atoms with E-state index >= 15 is 0 Å². The number of ether oxygens (including phenoxy) is 1. The molecule has 3 rings (SSSR count). The van der Waals surface area contributed by atoms with Gasteiger partial charge in [0, 0.05) is 12.1 Å². The molecule has 3 aromatic rings. The molecule has 0 atom stereocenters. The Morgan fingerprint density at radius 2 is 1.96 bits per heavy atom. The minimum Gasteiger partial charge on any atom is -0.496 e. The fourth-order valence-corrected chi connectivity index (χ4v) is 2.53. The fraction of sp³-hybridized carbons (Fsp3) is 0.0500. The molecule has 0 N–H and O–H groups in total. The largest absolute Gasteiger partial charge is 0.496 e. The predicted molar refractivity (Wildman–Crippen MR) is 97.2 cm³/mol. The Morgan fingerprint density at radius 1 is 1.22 bits per heavy atom. The van der Waals surface area contributed by atoms with Crippen LogP contribution >= 0.6 is 0 Å². The highest BCUT2D eigenvalue weighted by molar-refractivity contribution is 5.89. The van der Waals surface area contributed by atoms with Crippen molar-refractivity contribution in [3.63, 3.8) is 0 Å². The number of non-ortho nitro benzene ring substituents is 1. The molecular weight excluding hydrogens is 351 g/mol. The first-order chi connectivity index (χ1) is 13.0. The lowest BCUT2D eigenvalue weighted by molar-refractivity contribution is -0.384. The van der Waals surface area contributed by atoms with E-state index in [0.717, 1.165) is 0 Å². The van der Waals surface area contributed by atoms with Crippen molar-refractivity contribution < 1.29 is 18.5 Å². The van der Waals surface area contributed by atoms with Gasteiger partial charge in [0.05, 0.1) is 29.2 Å². The maximum Gasteiger partial charge on any atom is 0.270 e. The van der Waals surface area contributed by atoms with Crippen molar-refractivity contribution in [1.29, 1.82) is 5.26 Å². The van der Waals surface area contributed by atoms with E-state index in [-0.39, 0.29) is 5.69 Å². The van der Waals surface area contributed by atoms with E-state index in [9.17, 15) is 19.8 Å². The van der Waals surface area contributed by atoms with Crippen LogP contribution in [0.4, 0.5) is 10.1 Å². The minimum atomic E-state index is -0.505. The van der Waals surface area contributed by atoms with E-state index in [1.165, 1.54) is 55.7 Å². The number of nitrogens with zero attached hydrogens (tertiary/aromatic N) is 2. The summed E-state index contributed by atoms with van der Waals surface area (Å²) in [4.78, 5) is 10.5. The topological polar surface area (TPSA) is 89.3 Å². The second kappa shape index (κ2) is 7.54. The van der Waals surface area contributed by atoms with Gasteiger partial charge in [-0.05, 0) is 42.0 Å². The number of hydrogen-bond acceptors (Lipinski definition) is 5. The van der Waals surface area contributed by atoms with Gasteiger partial charge in [-0.3, -0.25) is 10.1 Å². The first-order valence-electron chi connectivity index (χ1n) is 7.82. The van der Waals surface area contributed by atoms with Crippen LogP contribution in [0.25, 0.3) is 23.0 Å². The van der Waals surface area contributed by atoms with Crippen LogP contribution in [-0.4, -0.2) is 12.0 Å². The third-order valence-electron chi connectivity index (χ3n) is 3.85. The number of nitriles is 1. The molecule has 0 unspecified atom stereocenters. The van der Waals surface area contributed by atoms with Crippen LogP contribution < -0.4 is 4.74 Å². The highest BCUT2D eigenvalue weighted by atomic mass is 19.1. The first-order valence-corrected chi connectivity index (χ1v) is 7.82. The maximum atomic E-state index is 13.1. The Kier molecular flexibility index (Phi) is 4.99. The van der Waals surface area contributed by atoms with E-state index in [1.807, 2.05) is 6.07 Å². The van der Waals surface area contributed by atoms with Gasteiger partial charge in [-0.15, -0.1) is 0 Å². The van der Waals surface area contributed by atoms with Gasteiger partial charge in [0.15, 0.2) is 0 Å². The average molecular weight is 364 g/mol. The number of nitro benzene ring substituents is 1. The number of hydrogen-bond donors (Lipinski definition) is 0. The molecule has 1 aromatic heterocycles. The van der Waals surface area contributed by atoms with Gasteiger partial charge >= 0.3 is 0 Å². The maximum absolute atomic E-state index is 13.1. The van der Waals surface area contributed by atoms with Crippen LogP contribution in [0.2, 0.25) is 0 Å². The number of allylic oxidation sites excluding steroid dienone is 1. The zero-order valence-electron chi connectivity index (χ0n) is 14.2. The monoisotopic (exact) mass is 364 g/mol. The van der Waals surface area contributed by atoms with Gasteiger partial charge in [-0.2, -0.15) is 5.26 Å². The van der Waals surface area contributed by atoms with Crippen molar-refractivity contribution in [3.8, 4) is 23.1 Å². The summed E-state index contributed by atoms with van der Waals surface area (Å²) < 4.78 is 24.0. The van der Waals surface area contributed by atoms with Crippen molar-refractivity contribution in [2.24, 2.45) is 0 Å². The molecule has 0 saturated carbocycles. The molecule has 0 saturated heterocycles.